The lowest BCUT2D eigenvalue weighted by atomic mass is 9.95. The zero-order valence-corrected chi connectivity index (χ0v) is 17.0. The molecule has 0 aliphatic rings. The Hall–Kier alpha value is -3.03. The maximum Gasteiger partial charge on any atom is 0.136 e. The Kier molecular flexibility index (Phi) is 6.97. The van der Waals surface area contributed by atoms with E-state index in [1.165, 1.54) is 12.4 Å². The van der Waals surface area contributed by atoms with Gasteiger partial charge in [-0.15, -0.1) is 0 Å². The van der Waals surface area contributed by atoms with Crippen molar-refractivity contribution in [3.8, 4) is 22.3 Å². The molecule has 0 saturated carbocycles. The van der Waals surface area contributed by atoms with Gasteiger partial charge in [0.25, 0.3) is 0 Å². The molecule has 0 radical (unpaired) electrons. The van der Waals surface area contributed by atoms with Crippen LogP contribution >= 0.6 is 23.2 Å². The number of hydrogen-bond donors (Lipinski definition) is 0. The largest absolute Gasteiger partial charge is 0.263 e. The first-order valence-corrected chi connectivity index (χ1v) is 9.27. The first-order chi connectivity index (χ1) is 14.4. The van der Waals surface area contributed by atoms with E-state index in [1.54, 1.807) is 43.6 Å². The van der Waals surface area contributed by atoms with Crippen LogP contribution in [-0.2, 0) is 0 Å². The first kappa shape index (κ1) is 21.7. The van der Waals surface area contributed by atoms with Gasteiger partial charge in [-0.25, -0.2) is 18.2 Å². The minimum Gasteiger partial charge on any atom is -0.263 e. The zero-order chi connectivity index (χ0) is 21.7. The molecule has 0 N–H and O–H groups in total. The van der Waals surface area contributed by atoms with Crippen LogP contribution in [-0.4, -0.2) is 20.2 Å². The highest BCUT2D eigenvalue weighted by Gasteiger charge is 2.20. The fraction of sp³-hybridized carbons (Fsp3) is 0.0476. The molecular weight excluding hydrogens is 436 g/mol. The summed E-state index contributed by atoms with van der Waals surface area (Å²) in [5.41, 5.74) is 1.27. The average molecular weight is 449 g/mol. The Bertz CT molecular complexity index is 1130. The fourth-order valence-corrected chi connectivity index (χ4v) is 2.94. The van der Waals surface area contributed by atoms with Gasteiger partial charge in [0, 0.05) is 47.4 Å². The molecule has 9 heteroatoms. The van der Waals surface area contributed by atoms with Crippen molar-refractivity contribution in [2.24, 2.45) is 0 Å². The van der Waals surface area contributed by atoms with Crippen LogP contribution < -0.4 is 0 Å². The smallest absolute Gasteiger partial charge is 0.136 e. The number of rotatable bonds is 2. The number of aromatic nitrogens is 4. The highest BCUT2D eigenvalue weighted by Crippen LogP contribution is 2.36. The van der Waals surface area contributed by atoms with E-state index in [1.807, 2.05) is 0 Å². The first-order valence-electron chi connectivity index (χ1n) is 8.51. The van der Waals surface area contributed by atoms with Gasteiger partial charge in [-0.1, -0.05) is 23.2 Å². The van der Waals surface area contributed by atoms with Gasteiger partial charge < -0.3 is 0 Å². The van der Waals surface area contributed by atoms with Gasteiger partial charge in [0.05, 0.1) is 22.5 Å². The van der Waals surface area contributed by atoms with Crippen molar-refractivity contribution in [1.29, 1.82) is 0 Å². The second kappa shape index (κ2) is 9.65. The highest BCUT2D eigenvalue weighted by atomic mass is 35.5. The minimum atomic E-state index is -1.02. The third kappa shape index (κ3) is 5.11. The van der Waals surface area contributed by atoms with Crippen LogP contribution in [0.15, 0.2) is 61.2 Å². The lowest BCUT2D eigenvalue weighted by Gasteiger charge is -2.13. The second-order valence-corrected chi connectivity index (χ2v) is 6.83. The Morgan fingerprint density at radius 2 is 1.60 bits per heavy atom. The van der Waals surface area contributed by atoms with Gasteiger partial charge in [-0.05, 0) is 31.2 Å². The van der Waals surface area contributed by atoms with Gasteiger partial charge in [-0.3, -0.25) is 4.98 Å². The zero-order valence-electron chi connectivity index (χ0n) is 15.5. The van der Waals surface area contributed by atoms with Gasteiger partial charge >= 0.3 is 0 Å². The SMILES string of the molecule is Cc1nncc(-c2c(F)cc(F)cc2F)c1-c1ccc(Cl)nc1.Clc1cccnc1. The second-order valence-electron chi connectivity index (χ2n) is 6.00. The van der Waals surface area contributed by atoms with Gasteiger partial charge in [-0.2, -0.15) is 10.2 Å². The lowest BCUT2D eigenvalue weighted by molar-refractivity contribution is 0.548. The van der Waals surface area contributed by atoms with Gasteiger partial charge in [0.15, 0.2) is 0 Å². The van der Waals surface area contributed by atoms with Crippen LogP contribution in [0.1, 0.15) is 5.69 Å². The number of aryl methyl sites for hydroxylation is 1. The number of benzene rings is 1. The fourth-order valence-electron chi connectivity index (χ4n) is 2.70. The molecule has 3 aromatic heterocycles. The topological polar surface area (TPSA) is 51.6 Å². The molecular formula is C21H13Cl2F3N4. The molecule has 3 heterocycles. The maximum absolute atomic E-state index is 14.1. The molecule has 152 valence electrons. The van der Waals surface area contributed by atoms with E-state index >= 15 is 0 Å². The molecule has 0 aliphatic heterocycles. The number of hydrogen-bond acceptors (Lipinski definition) is 4. The molecule has 0 fully saturated rings. The van der Waals surface area contributed by atoms with Crippen LogP contribution in [0, 0.1) is 24.4 Å². The van der Waals surface area contributed by atoms with E-state index in [9.17, 15) is 13.2 Å². The molecule has 0 unspecified atom stereocenters. The number of nitrogens with zero attached hydrogens (tertiary/aromatic N) is 4. The normalized spacial score (nSPS) is 10.3. The summed E-state index contributed by atoms with van der Waals surface area (Å²) in [5.74, 6) is -3.02. The molecule has 0 atom stereocenters. The van der Waals surface area contributed by atoms with Crippen molar-refractivity contribution in [2.75, 3.05) is 0 Å². The summed E-state index contributed by atoms with van der Waals surface area (Å²) in [6.45, 7) is 1.65. The highest BCUT2D eigenvalue weighted by molar-refractivity contribution is 6.30. The standard InChI is InChI=1S/C16H9ClF3N3.C5H4ClN/c1-8-15(9-2-3-14(17)21-6-9)11(7-22-23-8)16-12(19)4-10(18)5-13(16)20;6-5-2-1-3-7-4-5/h2-7H,1H3;1-4H. The summed E-state index contributed by atoms with van der Waals surface area (Å²) < 4.78 is 41.4. The van der Waals surface area contributed by atoms with E-state index in [0.717, 1.165) is 0 Å². The van der Waals surface area contributed by atoms with Crippen molar-refractivity contribution in [1.82, 2.24) is 20.2 Å². The summed E-state index contributed by atoms with van der Waals surface area (Å²) in [4.78, 5) is 7.71. The number of halogens is 5. The Balaban J connectivity index is 0.000000310. The van der Waals surface area contributed by atoms with E-state index in [0.29, 0.717) is 34.0 Å². The van der Waals surface area contributed by atoms with Crippen LogP contribution in [0.2, 0.25) is 10.2 Å². The van der Waals surface area contributed by atoms with Crippen LogP contribution in [0.3, 0.4) is 0 Å². The quantitative estimate of drug-likeness (QED) is 0.336. The van der Waals surface area contributed by atoms with Crippen molar-refractivity contribution in [3.05, 3.63) is 94.5 Å². The molecule has 0 aliphatic carbocycles. The van der Waals surface area contributed by atoms with Crippen molar-refractivity contribution in [3.63, 3.8) is 0 Å². The predicted molar refractivity (Wildman–Crippen MR) is 110 cm³/mol. The third-order valence-corrected chi connectivity index (χ3v) is 4.39. The molecule has 4 rings (SSSR count). The summed E-state index contributed by atoms with van der Waals surface area (Å²) in [5, 5.41) is 8.63. The third-order valence-electron chi connectivity index (χ3n) is 3.94. The monoisotopic (exact) mass is 448 g/mol. The summed E-state index contributed by atoms with van der Waals surface area (Å²) in [6, 6.07) is 8.03. The van der Waals surface area contributed by atoms with E-state index in [4.69, 9.17) is 23.2 Å². The van der Waals surface area contributed by atoms with Gasteiger partial charge in [0.1, 0.15) is 22.6 Å². The van der Waals surface area contributed by atoms with Crippen molar-refractivity contribution in [2.45, 2.75) is 6.92 Å². The molecule has 0 bridgehead atoms. The molecule has 0 saturated heterocycles. The molecule has 30 heavy (non-hydrogen) atoms. The Morgan fingerprint density at radius 3 is 2.13 bits per heavy atom. The maximum atomic E-state index is 14.1. The number of pyridine rings is 2. The summed E-state index contributed by atoms with van der Waals surface area (Å²) in [7, 11) is 0. The Labute approximate surface area is 180 Å². The van der Waals surface area contributed by atoms with E-state index in [2.05, 4.69) is 20.2 Å². The Morgan fingerprint density at radius 1 is 0.867 bits per heavy atom. The summed E-state index contributed by atoms with van der Waals surface area (Å²) >= 11 is 11.2. The molecule has 0 amide bonds. The van der Waals surface area contributed by atoms with Crippen LogP contribution in [0.25, 0.3) is 22.3 Å². The van der Waals surface area contributed by atoms with Gasteiger partial charge in [0.2, 0.25) is 0 Å². The predicted octanol–water partition coefficient (Wildman–Crippen LogP) is 6.32. The lowest BCUT2D eigenvalue weighted by Crippen LogP contribution is -2.00. The molecule has 1 aromatic carbocycles. The molecule has 0 spiro atoms. The van der Waals surface area contributed by atoms with E-state index < -0.39 is 17.5 Å². The van der Waals surface area contributed by atoms with Crippen molar-refractivity contribution < 1.29 is 13.2 Å². The average Bonchev–Trinajstić information content (AvgIpc) is 2.69. The molecule has 4 aromatic rings. The minimum absolute atomic E-state index is 0.164. The van der Waals surface area contributed by atoms with Crippen LogP contribution in [0.5, 0.6) is 0 Å². The van der Waals surface area contributed by atoms with Crippen molar-refractivity contribution >= 4 is 23.2 Å². The summed E-state index contributed by atoms with van der Waals surface area (Å²) in [6.07, 6.45) is 5.99. The van der Waals surface area contributed by atoms with E-state index in [-0.39, 0.29) is 16.3 Å². The van der Waals surface area contributed by atoms with Crippen LogP contribution in [0.4, 0.5) is 13.2 Å². The molecule has 4 nitrogen and oxygen atoms in total.